The van der Waals surface area contributed by atoms with E-state index in [0.717, 1.165) is 5.06 Å². The van der Waals surface area contributed by atoms with Crippen molar-refractivity contribution < 1.29 is 10.0 Å². The lowest BCUT2D eigenvalue weighted by molar-refractivity contribution is -0.119. The number of benzene rings is 1. The van der Waals surface area contributed by atoms with Gasteiger partial charge >= 0.3 is 0 Å². The number of rotatable bonds is 0. The lowest BCUT2D eigenvalue weighted by atomic mass is 10.2. The molecule has 0 spiro atoms. The average molecular weight is 216 g/mol. The van der Waals surface area contributed by atoms with Gasteiger partial charge in [0.15, 0.2) is 6.17 Å². The molecule has 0 saturated heterocycles. The van der Waals surface area contributed by atoms with E-state index in [1.807, 2.05) is 0 Å². The van der Waals surface area contributed by atoms with Gasteiger partial charge in [-0.3, -0.25) is 10.0 Å². The van der Waals surface area contributed by atoms with Crippen LogP contribution >= 0.6 is 12.4 Å². The van der Waals surface area contributed by atoms with Crippen molar-refractivity contribution in [2.45, 2.75) is 6.17 Å². The van der Waals surface area contributed by atoms with Crippen LogP contribution in [-0.2, 0) is 4.79 Å². The van der Waals surface area contributed by atoms with Crippen molar-refractivity contribution in [1.29, 1.82) is 0 Å². The van der Waals surface area contributed by atoms with E-state index < -0.39 is 12.1 Å². The molecule has 2 rings (SSSR count). The highest BCUT2D eigenvalue weighted by molar-refractivity contribution is 6.02. The molecule has 1 aromatic rings. The normalized spacial score (nSPS) is 19.4. The summed E-state index contributed by atoms with van der Waals surface area (Å²) in [5.74, 6) is -0.416. The molecule has 0 aromatic heterocycles. The lowest BCUT2D eigenvalue weighted by Gasteiger charge is -2.30. The first-order valence-electron chi connectivity index (χ1n) is 3.84. The number of nitrogens with one attached hydrogen (secondary N) is 1. The number of amides is 1. The fourth-order valence-corrected chi connectivity index (χ4v) is 1.25. The molecule has 1 amide bonds. The van der Waals surface area contributed by atoms with Crippen molar-refractivity contribution in [3.63, 3.8) is 0 Å². The van der Waals surface area contributed by atoms with Crippen LogP contribution in [0.2, 0.25) is 0 Å². The van der Waals surface area contributed by atoms with Gasteiger partial charge in [-0.1, -0.05) is 12.1 Å². The van der Waals surface area contributed by atoms with Gasteiger partial charge in [-0.2, -0.15) is 0 Å². The number of hydrogen-bond donors (Lipinski definition) is 3. The van der Waals surface area contributed by atoms with Gasteiger partial charge in [0.05, 0.1) is 11.4 Å². The number of carbonyl (C=O) groups excluding carboxylic acids is 1. The van der Waals surface area contributed by atoms with Gasteiger partial charge in [-0.25, -0.2) is 5.06 Å². The SMILES string of the molecule is Cl.NC1C(=O)Nc2ccccc2N1O. The van der Waals surface area contributed by atoms with Crippen molar-refractivity contribution in [2.75, 3.05) is 10.4 Å². The predicted octanol–water partition coefficient (Wildman–Crippen LogP) is 0.541. The number of carbonyl (C=O) groups is 1. The molecular weight excluding hydrogens is 206 g/mol. The van der Waals surface area contributed by atoms with Crippen LogP contribution in [0.4, 0.5) is 11.4 Å². The molecule has 14 heavy (non-hydrogen) atoms. The molecule has 1 aliphatic rings. The van der Waals surface area contributed by atoms with E-state index in [0.29, 0.717) is 11.4 Å². The first kappa shape index (κ1) is 10.8. The molecule has 0 fully saturated rings. The second-order valence-corrected chi connectivity index (χ2v) is 2.80. The van der Waals surface area contributed by atoms with Gasteiger partial charge in [0, 0.05) is 0 Å². The summed E-state index contributed by atoms with van der Waals surface area (Å²) in [6.45, 7) is 0. The van der Waals surface area contributed by atoms with E-state index in [-0.39, 0.29) is 12.4 Å². The fraction of sp³-hybridized carbons (Fsp3) is 0.125. The molecule has 0 aliphatic carbocycles. The Morgan fingerprint density at radius 3 is 2.79 bits per heavy atom. The summed E-state index contributed by atoms with van der Waals surface area (Å²) in [6.07, 6.45) is -1.03. The Kier molecular flexibility index (Phi) is 2.95. The van der Waals surface area contributed by atoms with Crippen LogP contribution in [0.3, 0.4) is 0 Å². The molecule has 0 saturated carbocycles. The maximum atomic E-state index is 11.1. The average Bonchev–Trinajstić information content (AvgIpc) is 2.15. The Hall–Kier alpha value is -1.30. The minimum Gasteiger partial charge on any atom is -0.321 e. The maximum Gasteiger partial charge on any atom is 0.264 e. The molecule has 1 aromatic carbocycles. The number of nitrogens with two attached hydrogens (primary N) is 1. The van der Waals surface area contributed by atoms with E-state index in [4.69, 9.17) is 5.73 Å². The Morgan fingerprint density at radius 2 is 2.07 bits per heavy atom. The van der Waals surface area contributed by atoms with Crippen LogP contribution in [0.25, 0.3) is 0 Å². The third kappa shape index (κ3) is 1.52. The predicted molar refractivity (Wildman–Crippen MR) is 54.6 cm³/mol. The zero-order valence-corrected chi connectivity index (χ0v) is 7.99. The first-order chi connectivity index (χ1) is 6.20. The quantitative estimate of drug-likeness (QED) is 0.590. The Morgan fingerprint density at radius 1 is 1.43 bits per heavy atom. The molecule has 1 aliphatic heterocycles. The first-order valence-corrected chi connectivity index (χ1v) is 3.84. The summed E-state index contributed by atoms with van der Waals surface area (Å²) in [5.41, 5.74) is 6.48. The van der Waals surface area contributed by atoms with Crippen molar-refractivity contribution in [3.05, 3.63) is 24.3 Å². The second-order valence-electron chi connectivity index (χ2n) is 2.80. The highest BCUT2D eigenvalue weighted by atomic mass is 35.5. The molecule has 5 nitrogen and oxygen atoms in total. The summed E-state index contributed by atoms with van der Waals surface area (Å²) in [7, 11) is 0. The summed E-state index contributed by atoms with van der Waals surface area (Å²) in [5, 5.41) is 12.8. The Labute approximate surface area is 86.9 Å². The highest BCUT2D eigenvalue weighted by Crippen LogP contribution is 2.28. The molecule has 0 bridgehead atoms. The maximum absolute atomic E-state index is 11.1. The fourth-order valence-electron chi connectivity index (χ4n) is 1.25. The van der Waals surface area contributed by atoms with Crippen molar-refractivity contribution >= 4 is 29.7 Å². The molecule has 76 valence electrons. The van der Waals surface area contributed by atoms with Crippen molar-refractivity contribution in [3.8, 4) is 0 Å². The lowest BCUT2D eigenvalue weighted by Crippen LogP contribution is -2.52. The topological polar surface area (TPSA) is 78.6 Å². The highest BCUT2D eigenvalue weighted by Gasteiger charge is 2.28. The largest absolute Gasteiger partial charge is 0.321 e. The molecular formula is C8H10ClN3O2. The van der Waals surface area contributed by atoms with Crippen molar-refractivity contribution in [1.82, 2.24) is 0 Å². The number of nitrogens with zero attached hydrogens (tertiary/aromatic N) is 1. The summed E-state index contributed by atoms with van der Waals surface area (Å²) in [4.78, 5) is 11.1. The van der Waals surface area contributed by atoms with Gasteiger partial charge in [0.2, 0.25) is 0 Å². The van der Waals surface area contributed by atoms with Gasteiger partial charge in [-0.05, 0) is 12.1 Å². The summed E-state index contributed by atoms with van der Waals surface area (Å²) in [6, 6.07) is 6.90. The zero-order valence-electron chi connectivity index (χ0n) is 7.18. The van der Waals surface area contributed by atoms with Crippen LogP contribution in [-0.4, -0.2) is 17.3 Å². The summed E-state index contributed by atoms with van der Waals surface area (Å²) < 4.78 is 0. The number of halogens is 1. The Balaban J connectivity index is 0.000000980. The molecule has 1 heterocycles. The molecule has 1 unspecified atom stereocenters. The monoisotopic (exact) mass is 215 g/mol. The van der Waals surface area contributed by atoms with Crippen LogP contribution in [0, 0.1) is 0 Å². The number of hydroxylamine groups is 1. The standard InChI is InChI=1S/C8H9N3O2.ClH/c9-7-8(12)10-5-3-1-2-4-6(5)11(7)13;/h1-4,7,13H,9H2,(H,10,12);1H. The summed E-state index contributed by atoms with van der Waals surface area (Å²) >= 11 is 0. The number of anilines is 2. The molecule has 1 atom stereocenters. The van der Waals surface area contributed by atoms with E-state index in [1.165, 1.54) is 0 Å². The van der Waals surface area contributed by atoms with E-state index in [9.17, 15) is 10.0 Å². The van der Waals surface area contributed by atoms with Gasteiger partial charge in [0.1, 0.15) is 0 Å². The van der Waals surface area contributed by atoms with Crippen LogP contribution in [0.1, 0.15) is 0 Å². The van der Waals surface area contributed by atoms with Gasteiger partial charge in [-0.15, -0.1) is 12.4 Å². The second kappa shape index (κ2) is 3.83. The van der Waals surface area contributed by atoms with Crippen LogP contribution in [0.5, 0.6) is 0 Å². The minimum absolute atomic E-state index is 0. The Bertz CT molecular complexity index is 358. The zero-order chi connectivity index (χ0) is 9.42. The van der Waals surface area contributed by atoms with E-state index in [1.54, 1.807) is 24.3 Å². The van der Waals surface area contributed by atoms with Crippen LogP contribution in [0.15, 0.2) is 24.3 Å². The third-order valence-electron chi connectivity index (χ3n) is 1.94. The van der Waals surface area contributed by atoms with E-state index in [2.05, 4.69) is 5.32 Å². The number of hydrogen-bond acceptors (Lipinski definition) is 4. The van der Waals surface area contributed by atoms with Gasteiger partial charge < -0.3 is 11.1 Å². The van der Waals surface area contributed by atoms with E-state index >= 15 is 0 Å². The molecule has 0 radical (unpaired) electrons. The third-order valence-corrected chi connectivity index (χ3v) is 1.94. The smallest absolute Gasteiger partial charge is 0.264 e. The van der Waals surface area contributed by atoms with Crippen molar-refractivity contribution in [2.24, 2.45) is 5.73 Å². The van der Waals surface area contributed by atoms with Crippen LogP contribution < -0.4 is 16.1 Å². The number of para-hydroxylation sites is 2. The minimum atomic E-state index is -1.03. The molecule has 6 heteroatoms. The van der Waals surface area contributed by atoms with Gasteiger partial charge in [0.25, 0.3) is 5.91 Å². The molecule has 4 N–H and O–H groups in total. The number of fused-ring (bicyclic) bond motifs is 1.